The van der Waals surface area contributed by atoms with Crippen LogP contribution in [0.1, 0.15) is 41.7 Å². The summed E-state index contributed by atoms with van der Waals surface area (Å²) in [5.74, 6) is -0.0975. The summed E-state index contributed by atoms with van der Waals surface area (Å²) in [5, 5.41) is 2.89. The number of carbonyl (C=O) groups is 2. The molecule has 1 fully saturated rings. The molecule has 2 heterocycles. The third-order valence-corrected chi connectivity index (χ3v) is 4.17. The first kappa shape index (κ1) is 16.0. The highest BCUT2D eigenvalue weighted by Gasteiger charge is 2.21. The van der Waals surface area contributed by atoms with Gasteiger partial charge in [-0.25, -0.2) is 0 Å². The highest BCUT2D eigenvalue weighted by molar-refractivity contribution is 5.95. The van der Waals surface area contributed by atoms with E-state index in [0.29, 0.717) is 12.0 Å². The number of aromatic amines is 1. The van der Waals surface area contributed by atoms with Gasteiger partial charge < -0.3 is 15.2 Å². The van der Waals surface area contributed by atoms with E-state index in [0.717, 1.165) is 24.2 Å². The van der Waals surface area contributed by atoms with Crippen LogP contribution < -0.4 is 15.8 Å². The molecular formula is C18H19N3O3. The van der Waals surface area contributed by atoms with Crippen LogP contribution in [0.2, 0.25) is 0 Å². The molecule has 0 saturated carbocycles. The minimum absolute atomic E-state index is 0.155. The molecule has 0 aliphatic carbocycles. The van der Waals surface area contributed by atoms with Crippen LogP contribution in [0, 0.1) is 0 Å². The van der Waals surface area contributed by atoms with Crippen LogP contribution in [-0.4, -0.2) is 23.3 Å². The third-order valence-electron chi connectivity index (χ3n) is 4.17. The number of pyridine rings is 1. The summed E-state index contributed by atoms with van der Waals surface area (Å²) in [6.07, 6.45) is 2.89. The maximum Gasteiger partial charge on any atom is 0.253 e. The molecule has 6 heteroatoms. The molecule has 124 valence electrons. The highest BCUT2D eigenvalue weighted by Crippen LogP contribution is 2.23. The summed E-state index contributed by atoms with van der Waals surface area (Å²) in [6, 6.07) is 10.3. The number of H-pyrrole nitrogens is 1. The summed E-state index contributed by atoms with van der Waals surface area (Å²) in [5.41, 5.74) is 2.00. The van der Waals surface area contributed by atoms with Gasteiger partial charge in [-0.3, -0.25) is 14.4 Å². The van der Waals surface area contributed by atoms with E-state index in [1.807, 2.05) is 31.2 Å². The van der Waals surface area contributed by atoms with E-state index >= 15 is 0 Å². The molecule has 0 bridgehead atoms. The number of aromatic nitrogens is 1. The molecule has 2 aromatic rings. The number of nitrogens with one attached hydrogen (secondary N) is 2. The first-order chi connectivity index (χ1) is 11.5. The van der Waals surface area contributed by atoms with Crippen molar-refractivity contribution in [1.29, 1.82) is 0 Å². The van der Waals surface area contributed by atoms with E-state index in [1.165, 1.54) is 18.3 Å². The van der Waals surface area contributed by atoms with Crippen LogP contribution in [-0.2, 0) is 4.79 Å². The summed E-state index contributed by atoms with van der Waals surface area (Å²) < 4.78 is 0. The largest absolute Gasteiger partial charge is 0.345 e. The topological polar surface area (TPSA) is 82.3 Å². The molecule has 1 aliphatic rings. The van der Waals surface area contributed by atoms with Gasteiger partial charge in [0.1, 0.15) is 0 Å². The first-order valence-corrected chi connectivity index (χ1v) is 7.94. The molecule has 2 N–H and O–H groups in total. The molecule has 1 unspecified atom stereocenters. The average Bonchev–Trinajstić information content (AvgIpc) is 3.01. The second kappa shape index (κ2) is 6.70. The van der Waals surface area contributed by atoms with Crippen molar-refractivity contribution in [1.82, 2.24) is 10.3 Å². The van der Waals surface area contributed by atoms with Crippen LogP contribution in [0.25, 0.3) is 0 Å². The van der Waals surface area contributed by atoms with E-state index in [9.17, 15) is 14.4 Å². The van der Waals surface area contributed by atoms with Gasteiger partial charge in [-0.2, -0.15) is 0 Å². The van der Waals surface area contributed by atoms with E-state index in [1.54, 1.807) is 4.90 Å². The molecule has 24 heavy (non-hydrogen) atoms. The average molecular weight is 325 g/mol. The third kappa shape index (κ3) is 3.37. The Morgan fingerprint density at radius 1 is 1.17 bits per heavy atom. The van der Waals surface area contributed by atoms with Gasteiger partial charge in [-0.15, -0.1) is 0 Å². The predicted molar refractivity (Wildman–Crippen MR) is 91.0 cm³/mol. The van der Waals surface area contributed by atoms with E-state index in [4.69, 9.17) is 0 Å². The zero-order chi connectivity index (χ0) is 17.1. The Hall–Kier alpha value is -2.89. The van der Waals surface area contributed by atoms with Gasteiger partial charge in [0.2, 0.25) is 11.5 Å². The van der Waals surface area contributed by atoms with Gasteiger partial charge in [0.25, 0.3) is 5.91 Å². The van der Waals surface area contributed by atoms with Crippen LogP contribution in [0.4, 0.5) is 5.69 Å². The second-order valence-corrected chi connectivity index (χ2v) is 5.88. The van der Waals surface area contributed by atoms with Gasteiger partial charge >= 0.3 is 0 Å². The molecule has 2 amide bonds. The van der Waals surface area contributed by atoms with Crippen LogP contribution in [0.15, 0.2) is 47.4 Å². The Balaban J connectivity index is 1.67. The predicted octanol–water partition coefficient (Wildman–Crippen LogP) is 1.99. The van der Waals surface area contributed by atoms with Gasteiger partial charge in [-0.05, 0) is 37.1 Å². The van der Waals surface area contributed by atoms with Gasteiger partial charge in [0.15, 0.2) is 0 Å². The minimum atomic E-state index is -0.252. The standard InChI is InChI=1S/C18H19N3O3/c1-12(20-18(24)14-6-9-16(22)19-11-14)13-4-7-15(8-5-13)21-10-2-3-17(21)23/h4-9,11-12H,2-3,10H2,1H3,(H,19,22)(H,20,24). The first-order valence-electron chi connectivity index (χ1n) is 7.94. The van der Waals surface area contributed by atoms with E-state index < -0.39 is 0 Å². The lowest BCUT2D eigenvalue weighted by atomic mass is 10.1. The number of amides is 2. The SMILES string of the molecule is CC(NC(=O)c1ccc(=O)[nH]c1)c1ccc(N2CCCC2=O)cc1. The van der Waals surface area contributed by atoms with Crippen molar-refractivity contribution in [2.24, 2.45) is 0 Å². The van der Waals surface area contributed by atoms with Crippen molar-refractivity contribution in [3.05, 3.63) is 64.1 Å². The van der Waals surface area contributed by atoms with E-state index in [-0.39, 0.29) is 23.4 Å². The van der Waals surface area contributed by atoms with Gasteiger partial charge in [-0.1, -0.05) is 12.1 Å². The molecule has 0 radical (unpaired) electrons. The van der Waals surface area contributed by atoms with Crippen LogP contribution in [0.5, 0.6) is 0 Å². The highest BCUT2D eigenvalue weighted by atomic mass is 16.2. The summed E-state index contributed by atoms with van der Waals surface area (Å²) in [6.45, 7) is 2.65. The zero-order valence-corrected chi connectivity index (χ0v) is 13.4. The Morgan fingerprint density at radius 3 is 2.50 bits per heavy atom. The van der Waals surface area contributed by atoms with Crippen molar-refractivity contribution in [2.45, 2.75) is 25.8 Å². The van der Waals surface area contributed by atoms with Crippen LogP contribution >= 0.6 is 0 Å². The number of hydrogen-bond donors (Lipinski definition) is 2. The zero-order valence-electron chi connectivity index (χ0n) is 13.4. The number of hydrogen-bond acceptors (Lipinski definition) is 3. The number of rotatable bonds is 4. The van der Waals surface area contributed by atoms with Gasteiger partial charge in [0.05, 0.1) is 11.6 Å². The Bertz CT molecular complexity index is 791. The van der Waals surface area contributed by atoms with Crippen molar-refractivity contribution in [3.63, 3.8) is 0 Å². The number of nitrogens with zero attached hydrogens (tertiary/aromatic N) is 1. The molecule has 6 nitrogen and oxygen atoms in total. The fourth-order valence-electron chi connectivity index (χ4n) is 2.78. The lowest BCUT2D eigenvalue weighted by molar-refractivity contribution is -0.117. The Labute approximate surface area is 139 Å². The van der Waals surface area contributed by atoms with Crippen molar-refractivity contribution < 1.29 is 9.59 Å². The Morgan fingerprint density at radius 2 is 1.92 bits per heavy atom. The maximum atomic E-state index is 12.2. The molecule has 1 aromatic carbocycles. The maximum absolute atomic E-state index is 12.2. The molecule has 1 saturated heterocycles. The molecule has 0 spiro atoms. The molecule has 3 rings (SSSR count). The van der Waals surface area contributed by atoms with Crippen molar-refractivity contribution in [3.8, 4) is 0 Å². The fraction of sp³-hybridized carbons (Fsp3) is 0.278. The van der Waals surface area contributed by atoms with Crippen molar-refractivity contribution >= 4 is 17.5 Å². The number of carbonyl (C=O) groups excluding carboxylic acids is 2. The summed E-state index contributed by atoms with van der Waals surface area (Å²) in [4.78, 5) is 39.2. The number of benzene rings is 1. The van der Waals surface area contributed by atoms with Gasteiger partial charge in [0, 0.05) is 30.9 Å². The normalized spacial score (nSPS) is 15.4. The smallest absolute Gasteiger partial charge is 0.253 e. The summed E-state index contributed by atoms with van der Waals surface area (Å²) >= 11 is 0. The number of anilines is 1. The van der Waals surface area contributed by atoms with Crippen molar-refractivity contribution in [2.75, 3.05) is 11.4 Å². The monoisotopic (exact) mass is 325 g/mol. The second-order valence-electron chi connectivity index (χ2n) is 5.88. The van der Waals surface area contributed by atoms with E-state index in [2.05, 4.69) is 10.3 Å². The lowest BCUT2D eigenvalue weighted by Gasteiger charge is -2.18. The quantitative estimate of drug-likeness (QED) is 0.902. The molecule has 1 atom stereocenters. The fourth-order valence-corrected chi connectivity index (χ4v) is 2.78. The minimum Gasteiger partial charge on any atom is -0.345 e. The molecule has 1 aromatic heterocycles. The summed E-state index contributed by atoms with van der Waals surface area (Å²) in [7, 11) is 0. The molecule has 1 aliphatic heterocycles. The lowest BCUT2D eigenvalue weighted by Crippen LogP contribution is -2.27. The molecular weight excluding hydrogens is 306 g/mol. The Kier molecular flexibility index (Phi) is 4.46. The van der Waals surface area contributed by atoms with Crippen LogP contribution in [0.3, 0.4) is 0 Å².